The Hall–Kier alpha value is -2.01. The van der Waals surface area contributed by atoms with Crippen LogP contribution in [0, 0.1) is 0 Å². The second kappa shape index (κ2) is 8.12. The van der Waals surface area contributed by atoms with Crippen molar-refractivity contribution in [3.63, 3.8) is 0 Å². The number of nitrogens with zero attached hydrogens (tertiary/aromatic N) is 2. The molecule has 2 heterocycles. The Morgan fingerprint density at radius 2 is 2.15 bits per heavy atom. The molecule has 9 nitrogen and oxygen atoms in total. The number of anilines is 1. The predicted molar refractivity (Wildman–Crippen MR) is 95.7 cm³/mol. The summed E-state index contributed by atoms with van der Waals surface area (Å²) < 4.78 is 28.4. The summed E-state index contributed by atoms with van der Waals surface area (Å²) in [6, 6.07) is -0.399. The number of hydrogen-bond acceptors (Lipinski definition) is 8. The summed E-state index contributed by atoms with van der Waals surface area (Å²) in [5.74, 6) is -1.55. The summed E-state index contributed by atoms with van der Waals surface area (Å²) in [4.78, 5) is 41.1. The number of esters is 1. The summed E-state index contributed by atoms with van der Waals surface area (Å²) in [6.45, 7) is 4.83. The maximum atomic E-state index is 12.6. The van der Waals surface area contributed by atoms with E-state index in [9.17, 15) is 22.8 Å². The minimum Gasteiger partial charge on any atom is -0.448 e. The number of carbonyl (C=O) groups is 3. The van der Waals surface area contributed by atoms with Crippen LogP contribution < -0.4 is 5.32 Å². The Bertz CT molecular complexity index is 804. The number of likely N-dealkylation sites (N-methyl/N-ethyl adjacent to an activating group) is 1. The van der Waals surface area contributed by atoms with Gasteiger partial charge in [-0.3, -0.25) is 9.59 Å². The first-order chi connectivity index (χ1) is 12.1. The largest absolute Gasteiger partial charge is 0.448 e. The van der Waals surface area contributed by atoms with Crippen molar-refractivity contribution in [2.75, 3.05) is 23.4 Å². The zero-order chi connectivity index (χ0) is 19.5. The molecule has 144 valence electrons. The highest BCUT2D eigenvalue weighted by molar-refractivity contribution is 7.91. The van der Waals surface area contributed by atoms with E-state index in [2.05, 4.69) is 10.3 Å². The lowest BCUT2D eigenvalue weighted by Gasteiger charge is -2.29. The SMILES string of the molecule is CCN(C(=O)C(C)OC(=O)c1csc(NC(C)=O)n1)C1CCS(=O)(=O)C1. The number of aromatic nitrogens is 1. The molecule has 2 unspecified atom stereocenters. The molecule has 1 aliphatic rings. The normalized spacial score (nSPS) is 19.6. The summed E-state index contributed by atoms with van der Waals surface area (Å²) in [7, 11) is -3.13. The lowest BCUT2D eigenvalue weighted by molar-refractivity contribution is -0.141. The minimum absolute atomic E-state index is 0.00936. The molecule has 1 aromatic heterocycles. The third-order valence-corrected chi connectivity index (χ3v) is 6.41. The number of hydrogen-bond donors (Lipinski definition) is 1. The average Bonchev–Trinajstić information content (AvgIpc) is 3.14. The molecule has 0 aliphatic carbocycles. The Balaban J connectivity index is 1.99. The number of rotatable bonds is 6. The molecule has 1 saturated heterocycles. The Morgan fingerprint density at radius 3 is 2.69 bits per heavy atom. The van der Waals surface area contributed by atoms with Gasteiger partial charge in [-0.1, -0.05) is 0 Å². The van der Waals surface area contributed by atoms with Gasteiger partial charge in [0, 0.05) is 24.9 Å². The molecule has 0 radical (unpaired) electrons. The number of thiazole rings is 1. The van der Waals surface area contributed by atoms with E-state index in [0.29, 0.717) is 13.0 Å². The van der Waals surface area contributed by atoms with Crippen LogP contribution in [-0.4, -0.2) is 66.3 Å². The van der Waals surface area contributed by atoms with E-state index in [-0.39, 0.29) is 28.2 Å². The first kappa shape index (κ1) is 20.3. The lowest BCUT2D eigenvalue weighted by atomic mass is 10.2. The quantitative estimate of drug-likeness (QED) is 0.693. The fraction of sp³-hybridized carbons (Fsp3) is 0.600. The molecular formula is C15H21N3O6S2. The van der Waals surface area contributed by atoms with Gasteiger partial charge in [0.05, 0.1) is 11.5 Å². The highest BCUT2D eigenvalue weighted by atomic mass is 32.2. The molecule has 1 N–H and O–H groups in total. The van der Waals surface area contributed by atoms with Crippen molar-refractivity contribution in [3.8, 4) is 0 Å². The van der Waals surface area contributed by atoms with Crippen molar-refractivity contribution in [1.29, 1.82) is 0 Å². The molecule has 2 rings (SSSR count). The summed E-state index contributed by atoms with van der Waals surface area (Å²) in [5, 5.41) is 4.14. The van der Waals surface area contributed by atoms with Gasteiger partial charge in [0.2, 0.25) is 5.91 Å². The van der Waals surface area contributed by atoms with E-state index in [1.807, 2.05) is 0 Å². The Morgan fingerprint density at radius 1 is 1.46 bits per heavy atom. The van der Waals surface area contributed by atoms with Crippen LogP contribution in [-0.2, 0) is 24.2 Å². The molecule has 2 amide bonds. The molecule has 1 aliphatic heterocycles. The fourth-order valence-corrected chi connectivity index (χ4v) is 5.15. The third kappa shape index (κ3) is 5.01. The smallest absolute Gasteiger partial charge is 0.358 e. The zero-order valence-electron chi connectivity index (χ0n) is 14.7. The van der Waals surface area contributed by atoms with E-state index in [4.69, 9.17) is 4.74 Å². The molecule has 26 heavy (non-hydrogen) atoms. The van der Waals surface area contributed by atoms with Crippen LogP contribution in [0.3, 0.4) is 0 Å². The van der Waals surface area contributed by atoms with Gasteiger partial charge in [-0.2, -0.15) is 0 Å². The van der Waals surface area contributed by atoms with Gasteiger partial charge in [0.25, 0.3) is 5.91 Å². The highest BCUT2D eigenvalue weighted by Crippen LogP contribution is 2.20. The van der Waals surface area contributed by atoms with Crippen molar-refractivity contribution >= 4 is 44.1 Å². The van der Waals surface area contributed by atoms with Crippen molar-refractivity contribution in [3.05, 3.63) is 11.1 Å². The van der Waals surface area contributed by atoms with Crippen LogP contribution in [0.15, 0.2) is 5.38 Å². The number of nitrogens with one attached hydrogen (secondary N) is 1. The van der Waals surface area contributed by atoms with Crippen LogP contribution in [0.25, 0.3) is 0 Å². The number of ether oxygens (including phenoxy) is 1. The summed E-state index contributed by atoms with van der Waals surface area (Å²) in [5.41, 5.74) is -0.00936. The first-order valence-corrected chi connectivity index (χ1v) is 10.8. The van der Waals surface area contributed by atoms with Crippen molar-refractivity contribution in [2.45, 2.75) is 39.3 Å². The third-order valence-electron chi connectivity index (χ3n) is 3.90. The monoisotopic (exact) mass is 403 g/mol. The van der Waals surface area contributed by atoms with Crippen LogP contribution >= 0.6 is 11.3 Å². The standard InChI is InChI=1S/C15H21N3O6S2/c1-4-18(11-5-6-26(22,23)8-11)13(20)9(2)24-14(21)12-7-25-15(17-12)16-10(3)19/h7,9,11H,4-6,8H2,1-3H3,(H,16,17,19). The number of amides is 2. The molecule has 0 spiro atoms. The highest BCUT2D eigenvalue weighted by Gasteiger charge is 2.36. The van der Waals surface area contributed by atoms with Gasteiger partial charge < -0.3 is 15.0 Å². The van der Waals surface area contributed by atoms with E-state index in [0.717, 1.165) is 11.3 Å². The molecule has 11 heteroatoms. The maximum absolute atomic E-state index is 12.6. The Labute approximate surface area is 155 Å². The van der Waals surface area contributed by atoms with Gasteiger partial charge in [0.1, 0.15) is 0 Å². The molecule has 2 atom stereocenters. The van der Waals surface area contributed by atoms with Crippen LogP contribution in [0.2, 0.25) is 0 Å². The molecule has 1 aromatic rings. The van der Waals surface area contributed by atoms with Crippen molar-refractivity contribution in [1.82, 2.24) is 9.88 Å². The van der Waals surface area contributed by atoms with Crippen molar-refractivity contribution in [2.24, 2.45) is 0 Å². The minimum atomic E-state index is -3.13. The molecular weight excluding hydrogens is 382 g/mol. The predicted octanol–water partition coefficient (Wildman–Crippen LogP) is 0.682. The molecule has 1 fully saturated rings. The number of carbonyl (C=O) groups excluding carboxylic acids is 3. The van der Waals surface area contributed by atoms with E-state index in [1.165, 1.54) is 24.1 Å². The molecule has 0 aromatic carbocycles. The van der Waals surface area contributed by atoms with E-state index >= 15 is 0 Å². The van der Waals surface area contributed by atoms with Gasteiger partial charge in [-0.05, 0) is 20.3 Å². The van der Waals surface area contributed by atoms with Gasteiger partial charge >= 0.3 is 5.97 Å². The van der Waals surface area contributed by atoms with Gasteiger partial charge in [-0.15, -0.1) is 11.3 Å². The second-order valence-corrected chi connectivity index (χ2v) is 9.03. The zero-order valence-corrected chi connectivity index (χ0v) is 16.4. The molecule has 0 saturated carbocycles. The maximum Gasteiger partial charge on any atom is 0.358 e. The van der Waals surface area contributed by atoms with E-state index < -0.39 is 33.9 Å². The summed E-state index contributed by atoms with van der Waals surface area (Å²) in [6.07, 6.45) is -0.689. The van der Waals surface area contributed by atoms with Crippen LogP contribution in [0.1, 0.15) is 37.7 Å². The topological polar surface area (TPSA) is 123 Å². The first-order valence-electron chi connectivity index (χ1n) is 8.08. The molecule has 0 bridgehead atoms. The fourth-order valence-electron chi connectivity index (χ4n) is 2.70. The second-order valence-electron chi connectivity index (χ2n) is 5.95. The van der Waals surface area contributed by atoms with Crippen LogP contribution in [0.4, 0.5) is 5.13 Å². The number of sulfone groups is 1. The average molecular weight is 403 g/mol. The van der Waals surface area contributed by atoms with Crippen LogP contribution in [0.5, 0.6) is 0 Å². The van der Waals surface area contributed by atoms with Gasteiger partial charge in [-0.25, -0.2) is 18.2 Å². The van der Waals surface area contributed by atoms with Crippen molar-refractivity contribution < 1.29 is 27.5 Å². The van der Waals surface area contributed by atoms with E-state index in [1.54, 1.807) is 6.92 Å². The van der Waals surface area contributed by atoms with Gasteiger partial charge in [0.15, 0.2) is 26.8 Å². The lowest BCUT2D eigenvalue weighted by Crippen LogP contribution is -2.46. The Kier molecular flexibility index (Phi) is 6.34. The summed E-state index contributed by atoms with van der Waals surface area (Å²) >= 11 is 1.07.